The summed E-state index contributed by atoms with van der Waals surface area (Å²) in [5.74, 6) is 0.0330. The maximum absolute atomic E-state index is 12.8. The van der Waals surface area contributed by atoms with E-state index in [1.165, 1.54) is 0 Å². The third-order valence-electron chi connectivity index (χ3n) is 4.93. The molecule has 1 aliphatic rings. The van der Waals surface area contributed by atoms with Crippen LogP contribution in [0.2, 0.25) is 0 Å². The molecule has 0 saturated carbocycles. The van der Waals surface area contributed by atoms with Gasteiger partial charge in [-0.3, -0.25) is 0 Å². The molecule has 2 aromatic carbocycles. The van der Waals surface area contributed by atoms with E-state index >= 15 is 0 Å². The van der Waals surface area contributed by atoms with E-state index in [2.05, 4.69) is 14.9 Å². The predicted octanol–water partition coefficient (Wildman–Crippen LogP) is 1.82. The van der Waals surface area contributed by atoms with Gasteiger partial charge in [-0.05, 0) is 30.7 Å². The van der Waals surface area contributed by atoms with Crippen LogP contribution in [0.15, 0.2) is 47.3 Å². The lowest BCUT2D eigenvalue weighted by atomic mass is 10.2. The highest BCUT2D eigenvalue weighted by atomic mass is 32.2. The lowest BCUT2D eigenvalue weighted by Gasteiger charge is -2.35. The molecule has 142 valence electrons. The molecule has 0 amide bonds. The van der Waals surface area contributed by atoms with Gasteiger partial charge in [-0.2, -0.15) is 4.31 Å². The summed E-state index contributed by atoms with van der Waals surface area (Å²) in [5.41, 5.74) is 4.16. The molecule has 8 heteroatoms. The van der Waals surface area contributed by atoms with Crippen LogP contribution in [0, 0.1) is 6.92 Å². The van der Waals surface area contributed by atoms with E-state index in [0.29, 0.717) is 26.2 Å². The maximum atomic E-state index is 12.8. The van der Waals surface area contributed by atoms with Crippen molar-refractivity contribution in [1.82, 2.24) is 14.3 Å². The van der Waals surface area contributed by atoms with Crippen LogP contribution in [0.3, 0.4) is 0 Å². The summed E-state index contributed by atoms with van der Waals surface area (Å²) in [5, 5.41) is 0. The Morgan fingerprint density at radius 1 is 0.963 bits per heavy atom. The van der Waals surface area contributed by atoms with Crippen LogP contribution in [0.25, 0.3) is 11.0 Å². The van der Waals surface area contributed by atoms with Crippen LogP contribution in [-0.2, 0) is 15.8 Å². The first-order chi connectivity index (χ1) is 12.9. The normalized spacial score (nSPS) is 16.1. The summed E-state index contributed by atoms with van der Waals surface area (Å²) in [4.78, 5) is 19.0. The molecule has 1 aliphatic heterocycles. The van der Waals surface area contributed by atoms with Gasteiger partial charge in [0.2, 0.25) is 10.0 Å². The van der Waals surface area contributed by atoms with Crippen LogP contribution in [0.1, 0.15) is 11.1 Å². The number of aryl methyl sites for hydroxylation is 1. The molecule has 0 radical (unpaired) electrons. The highest BCUT2D eigenvalue weighted by Crippen LogP contribution is 2.22. The van der Waals surface area contributed by atoms with Crippen molar-refractivity contribution in [1.29, 1.82) is 0 Å². The van der Waals surface area contributed by atoms with Gasteiger partial charge in [0.05, 0.1) is 16.8 Å². The molecule has 1 saturated heterocycles. The molecule has 4 rings (SSSR count). The van der Waals surface area contributed by atoms with E-state index in [0.717, 1.165) is 27.8 Å². The highest BCUT2D eigenvalue weighted by molar-refractivity contribution is 7.88. The quantitative estimate of drug-likeness (QED) is 0.716. The van der Waals surface area contributed by atoms with Gasteiger partial charge in [0.1, 0.15) is 0 Å². The summed E-state index contributed by atoms with van der Waals surface area (Å²) in [6, 6.07) is 13.4. The standard InChI is InChI=1S/C19H22N4O3S/c1-14-3-2-4-15(11-14)13-27(25,26)23-9-7-22(8-10-23)16-5-6-17-18(12-16)21-19(24)20-17/h2-6,11-12H,7-10,13H2,1H3,(H2,20,21,24). The fourth-order valence-electron chi connectivity index (χ4n) is 3.55. The van der Waals surface area contributed by atoms with Crippen molar-refractivity contribution in [3.05, 3.63) is 64.1 Å². The Balaban J connectivity index is 1.45. The SMILES string of the molecule is Cc1cccc(CS(=O)(=O)N2CCN(c3ccc4[nH]c(=O)[nH]c4c3)CC2)c1. The molecular formula is C19H22N4O3S. The molecule has 0 spiro atoms. The number of imidazole rings is 1. The minimum atomic E-state index is -3.34. The Morgan fingerprint density at radius 3 is 2.44 bits per heavy atom. The number of hydrogen-bond acceptors (Lipinski definition) is 4. The lowest BCUT2D eigenvalue weighted by Crippen LogP contribution is -2.49. The molecule has 0 unspecified atom stereocenters. The zero-order valence-electron chi connectivity index (χ0n) is 15.1. The number of hydrogen-bond donors (Lipinski definition) is 2. The first kappa shape index (κ1) is 17.8. The van der Waals surface area contributed by atoms with E-state index in [-0.39, 0.29) is 11.4 Å². The molecule has 2 heterocycles. The molecule has 0 atom stereocenters. The summed E-state index contributed by atoms with van der Waals surface area (Å²) >= 11 is 0. The number of anilines is 1. The Hall–Kier alpha value is -2.58. The van der Waals surface area contributed by atoms with E-state index in [1.807, 2.05) is 49.4 Å². The number of rotatable bonds is 4. The summed E-state index contributed by atoms with van der Waals surface area (Å²) < 4.78 is 27.1. The van der Waals surface area contributed by atoms with E-state index in [9.17, 15) is 13.2 Å². The van der Waals surface area contributed by atoms with Gasteiger partial charge in [0.25, 0.3) is 0 Å². The number of nitrogens with zero attached hydrogens (tertiary/aromatic N) is 2. The van der Waals surface area contributed by atoms with Gasteiger partial charge in [0, 0.05) is 31.9 Å². The van der Waals surface area contributed by atoms with Crippen molar-refractivity contribution in [2.24, 2.45) is 0 Å². The molecule has 1 aromatic heterocycles. The molecule has 0 bridgehead atoms. The number of H-pyrrole nitrogens is 2. The van der Waals surface area contributed by atoms with Crippen molar-refractivity contribution in [3.8, 4) is 0 Å². The smallest absolute Gasteiger partial charge is 0.323 e. The van der Waals surface area contributed by atoms with Gasteiger partial charge >= 0.3 is 5.69 Å². The third-order valence-corrected chi connectivity index (χ3v) is 6.78. The molecule has 27 heavy (non-hydrogen) atoms. The maximum Gasteiger partial charge on any atom is 0.323 e. The van der Waals surface area contributed by atoms with E-state index < -0.39 is 10.0 Å². The van der Waals surface area contributed by atoms with Crippen molar-refractivity contribution >= 4 is 26.7 Å². The number of sulfonamides is 1. The van der Waals surface area contributed by atoms with Crippen molar-refractivity contribution in [2.75, 3.05) is 31.1 Å². The number of aromatic amines is 2. The second kappa shape index (κ2) is 6.86. The average Bonchev–Trinajstić information content (AvgIpc) is 3.00. The van der Waals surface area contributed by atoms with Crippen LogP contribution in [0.5, 0.6) is 0 Å². The van der Waals surface area contributed by atoms with E-state index in [4.69, 9.17) is 0 Å². The molecule has 7 nitrogen and oxygen atoms in total. The number of aromatic nitrogens is 2. The molecular weight excluding hydrogens is 364 g/mol. The molecule has 0 aliphatic carbocycles. The highest BCUT2D eigenvalue weighted by Gasteiger charge is 2.27. The van der Waals surface area contributed by atoms with Gasteiger partial charge < -0.3 is 14.9 Å². The molecule has 1 fully saturated rings. The molecule has 2 N–H and O–H groups in total. The van der Waals surface area contributed by atoms with Crippen molar-refractivity contribution in [3.63, 3.8) is 0 Å². The summed E-state index contributed by atoms with van der Waals surface area (Å²) in [6.45, 7) is 4.11. The summed E-state index contributed by atoms with van der Waals surface area (Å²) in [6.07, 6.45) is 0. The van der Waals surface area contributed by atoms with Crippen LogP contribution >= 0.6 is 0 Å². The minimum absolute atomic E-state index is 0.0330. The lowest BCUT2D eigenvalue weighted by molar-refractivity contribution is 0.384. The predicted molar refractivity (Wildman–Crippen MR) is 107 cm³/mol. The van der Waals surface area contributed by atoms with Crippen molar-refractivity contribution in [2.45, 2.75) is 12.7 Å². The minimum Gasteiger partial charge on any atom is -0.369 e. The van der Waals surface area contributed by atoms with Gasteiger partial charge in [-0.1, -0.05) is 29.8 Å². The number of fused-ring (bicyclic) bond motifs is 1. The summed E-state index contributed by atoms with van der Waals surface area (Å²) in [7, 11) is -3.34. The Bertz CT molecular complexity index is 1130. The van der Waals surface area contributed by atoms with Crippen molar-refractivity contribution < 1.29 is 8.42 Å². The topological polar surface area (TPSA) is 89.3 Å². The third kappa shape index (κ3) is 3.77. The Labute approximate surface area is 157 Å². The second-order valence-electron chi connectivity index (χ2n) is 6.94. The largest absolute Gasteiger partial charge is 0.369 e. The van der Waals surface area contributed by atoms with Crippen LogP contribution in [-0.4, -0.2) is 48.9 Å². The molecule has 3 aromatic rings. The van der Waals surface area contributed by atoms with E-state index in [1.54, 1.807) is 4.31 Å². The fraction of sp³-hybridized carbons (Fsp3) is 0.316. The van der Waals surface area contributed by atoms with Gasteiger partial charge in [0.15, 0.2) is 0 Å². The first-order valence-corrected chi connectivity index (χ1v) is 10.5. The zero-order valence-corrected chi connectivity index (χ0v) is 15.9. The number of benzene rings is 2. The number of nitrogens with one attached hydrogen (secondary N) is 2. The average molecular weight is 386 g/mol. The fourth-order valence-corrected chi connectivity index (χ4v) is 5.05. The Morgan fingerprint density at radius 2 is 1.70 bits per heavy atom. The first-order valence-electron chi connectivity index (χ1n) is 8.91. The van der Waals surface area contributed by atoms with Gasteiger partial charge in [-0.25, -0.2) is 13.2 Å². The van der Waals surface area contributed by atoms with Crippen LogP contribution in [0.4, 0.5) is 5.69 Å². The number of piperazine rings is 1. The monoisotopic (exact) mass is 386 g/mol. The Kier molecular flexibility index (Phi) is 4.53. The second-order valence-corrected chi connectivity index (χ2v) is 8.91. The van der Waals surface area contributed by atoms with Crippen LogP contribution < -0.4 is 10.6 Å². The zero-order chi connectivity index (χ0) is 19.0. The van der Waals surface area contributed by atoms with Gasteiger partial charge in [-0.15, -0.1) is 0 Å².